The van der Waals surface area contributed by atoms with Gasteiger partial charge in [-0.2, -0.15) is 5.26 Å². The maximum absolute atomic E-state index is 11.7. The van der Waals surface area contributed by atoms with Crippen molar-refractivity contribution in [3.05, 3.63) is 28.2 Å². The molecule has 0 aromatic heterocycles. The minimum atomic E-state index is -0.307. The summed E-state index contributed by atoms with van der Waals surface area (Å²) in [6.45, 7) is 0.372. The van der Waals surface area contributed by atoms with Crippen molar-refractivity contribution in [2.45, 2.75) is 6.42 Å². The Labute approximate surface area is 110 Å². The van der Waals surface area contributed by atoms with Crippen molar-refractivity contribution in [1.82, 2.24) is 4.90 Å². The van der Waals surface area contributed by atoms with Crippen LogP contribution in [0.25, 0.3) is 0 Å². The van der Waals surface area contributed by atoms with E-state index in [1.54, 1.807) is 25.2 Å². The van der Waals surface area contributed by atoms with Gasteiger partial charge in [-0.1, -0.05) is 23.2 Å². The number of nitrogens with zero attached hydrogens (tertiary/aromatic N) is 2. The molecule has 0 unspecified atom stereocenters. The summed E-state index contributed by atoms with van der Waals surface area (Å²) in [7, 11) is 1.61. The zero-order chi connectivity index (χ0) is 12.8. The van der Waals surface area contributed by atoms with Gasteiger partial charge in [0, 0.05) is 29.3 Å². The molecular formula is C11H11Cl2N3O. The molecule has 1 aromatic rings. The lowest BCUT2D eigenvalue weighted by molar-refractivity contribution is 0.223. The van der Waals surface area contributed by atoms with Crippen LogP contribution in [-0.2, 0) is 0 Å². The van der Waals surface area contributed by atoms with Crippen LogP contribution in [-0.4, -0.2) is 24.5 Å². The summed E-state index contributed by atoms with van der Waals surface area (Å²) < 4.78 is 0. The van der Waals surface area contributed by atoms with Gasteiger partial charge in [0.1, 0.15) is 0 Å². The number of urea groups is 1. The van der Waals surface area contributed by atoms with E-state index >= 15 is 0 Å². The largest absolute Gasteiger partial charge is 0.327 e. The van der Waals surface area contributed by atoms with Crippen molar-refractivity contribution in [2.75, 3.05) is 18.9 Å². The number of benzene rings is 1. The lowest BCUT2D eigenvalue weighted by Gasteiger charge is -2.16. The third-order valence-corrected chi connectivity index (χ3v) is 2.46. The molecule has 17 heavy (non-hydrogen) atoms. The minimum absolute atomic E-state index is 0.292. The summed E-state index contributed by atoms with van der Waals surface area (Å²) in [5, 5.41) is 12.0. The number of carbonyl (C=O) groups excluding carboxylic acids is 1. The van der Waals surface area contributed by atoms with E-state index in [0.717, 1.165) is 0 Å². The van der Waals surface area contributed by atoms with Crippen LogP contribution in [0.1, 0.15) is 6.42 Å². The summed E-state index contributed by atoms with van der Waals surface area (Å²) in [5.74, 6) is 0. The first-order valence-electron chi connectivity index (χ1n) is 4.88. The molecule has 0 saturated heterocycles. The Morgan fingerprint density at radius 2 is 2.00 bits per heavy atom. The molecule has 0 aliphatic heterocycles. The number of carbonyl (C=O) groups is 1. The van der Waals surface area contributed by atoms with Gasteiger partial charge in [-0.3, -0.25) is 0 Å². The highest BCUT2D eigenvalue weighted by molar-refractivity contribution is 6.35. The Morgan fingerprint density at radius 3 is 2.53 bits per heavy atom. The fraction of sp³-hybridized carbons (Fsp3) is 0.273. The summed E-state index contributed by atoms with van der Waals surface area (Å²) in [6.07, 6.45) is 0.292. The highest BCUT2D eigenvalue weighted by atomic mass is 35.5. The molecule has 0 bridgehead atoms. The number of nitriles is 1. The Bertz CT molecular complexity index is 436. The number of hydrogen-bond donors (Lipinski definition) is 1. The van der Waals surface area contributed by atoms with Gasteiger partial charge in [-0.05, 0) is 18.2 Å². The van der Waals surface area contributed by atoms with Crippen molar-refractivity contribution in [3.8, 4) is 6.07 Å². The molecule has 2 amide bonds. The molecule has 4 nitrogen and oxygen atoms in total. The van der Waals surface area contributed by atoms with Gasteiger partial charge in [0.25, 0.3) is 0 Å². The first-order valence-corrected chi connectivity index (χ1v) is 5.63. The Morgan fingerprint density at radius 1 is 1.41 bits per heavy atom. The van der Waals surface area contributed by atoms with Crippen LogP contribution in [0.15, 0.2) is 18.2 Å². The molecular weight excluding hydrogens is 261 g/mol. The van der Waals surface area contributed by atoms with E-state index in [-0.39, 0.29) is 6.03 Å². The number of amides is 2. The van der Waals surface area contributed by atoms with Gasteiger partial charge < -0.3 is 10.2 Å². The molecule has 0 atom stereocenters. The van der Waals surface area contributed by atoms with Crippen LogP contribution in [0.4, 0.5) is 10.5 Å². The van der Waals surface area contributed by atoms with E-state index in [4.69, 9.17) is 28.5 Å². The fourth-order valence-corrected chi connectivity index (χ4v) is 1.69. The molecule has 1 rings (SSSR count). The number of halogens is 2. The molecule has 0 heterocycles. The van der Waals surface area contributed by atoms with Crippen LogP contribution in [0, 0.1) is 11.3 Å². The van der Waals surface area contributed by atoms with Crippen molar-refractivity contribution in [1.29, 1.82) is 5.26 Å². The second kappa shape index (κ2) is 6.33. The number of rotatable bonds is 3. The Hall–Kier alpha value is -1.44. The van der Waals surface area contributed by atoms with Crippen LogP contribution in [0.2, 0.25) is 10.0 Å². The molecule has 0 aliphatic carbocycles. The lowest BCUT2D eigenvalue weighted by Crippen LogP contribution is -2.31. The molecule has 1 N–H and O–H groups in total. The Kier molecular flexibility index (Phi) is 5.08. The maximum Gasteiger partial charge on any atom is 0.321 e. The zero-order valence-corrected chi connectivity index (χ0v) is 10.7. The average Bonchev–Trinajstić information content (AvgIpc) is 2.24. The second-order valence-electron chi connectivity index (χ2n) is 3.42. The molecule has 90 valence electrons. The highest BCUT2D eigenvalue weighted by Gasteiger charge is 2.08. The third-order valence-electron chi connectivity index (χ3n) is 2.02. The standard InChI is InChI=1S/C11H11Cl2N3O/c1-16(4-2-3-14)11(17)15-10-6-8(12)5-9(13)7-10/h5-7H,2,4H2,1H3,(H,15,17). The summed E-state index contributed by atoms with van der Waals surface area (Å²) in [4.78, 5) is 13.1. The van der Waals surface area contributed by atoms with Gasteiger partial charge in [-0.15, -0.1) is 0 Å². The predicted molar refractivity (Wildman–Crippen MR) is 68.3 cm³/mol. The molecule has 0 aliphatic rings. The number of nitrogens with one attached hydrogen (secondary N) is 1. The SMILES string of the molecule is CN(CCC#N)C(=O)Nc1cc(Cl)cc(Cl)c1. The molecule has 0 spiro atoms. The van der Waals surface area contributed by atoms with Gasteiger partial charge in [0.2, 0.25) is 0 Å². The predicted octanol–water partition coefficient (Wildman–Crippen LogP) is 3.37. The third kappa shape index (κ3) is 4.51. The number of anilines is 1. The second-order valence-corrected chi connectivity index (χ2v) is 4.29. The molecule has 6 heteroatoms. The lowest BCUT2D eigenvalue weighted by atomic mass is 10.3. The molecule has 0 radical (unpaired) electrons. The van der Waals surface area contributed by atoms with E-state index < -0.39 is 0 Å². The fourth-order valence-electron chi connectivity index (χ4n) is 1.16. The van der Waals surface area contributed by atoms with Crippen LogP contribution in [0.3, 0.4) is 0 Å². The topological polar surface area (TPSA) is 56.1 Å². The van der Waals surface area contributed by atoms with Gasteiger partial charge in [0.05, 0.1) is 12.5 Å². The van der Waals surface area contributed by atoms with Crippen LogP contribution in [0.5, 0.6) is 0 Å². The molecule has 0 saturated carbocycles. The van der Waals surface area contributed by atoms with E-state index in [9.17, 15) is 4.79 Å². The highest BCUT2D eigenvalue weighted by Crippen LogP contribution is 2.22. The average molecular weight is 272 g/mol. The monoisotopic (exact) mass is 271 g/mol. The normalized spacial score (nSPS) is 9.53. The van der Waals surface area contributed by atoms with Crippen LogP contribution < -0.4 is 5.32 Å². The quantitative estimate of drug-likeness (QED) is 0.917. The van der Waals surface area contributed by atoms with E-state index in [1.165, 1.54) is 4.90 Å². The smallest absolute Gasteiger partial charge is 0.321 e. The zero-order valence-electron chi connectivity index (χ0n) is 9.20. The summed E-state index contributed by atoms with van der Waals surface area (Å²) in [6, 6.07) is 6.45. The summed E-state index contributed by atoms with van der Waals surface area (Å²) >= 11 is 11.6. The molecule has 1 aromatic carbocycles. The van der Waals surface area contributed by atoms with E-state index in [2.05, 4.69) is 5.32 Å². The first kappa shape index (κ1) is 13.6. The first-order chi connectivity index (χ1) is 8.02. The minimum Gasteiger partial charge on any atom is -0.327 e. The van der Waals surface area contributed by atoms with Gasteiger partial charge in [-0.25, -0.2) is 4.79 Å². The van der Waals surface area contributed by atoms with Gasteiger partial charge >= 0.3 is 6.03 Å². The van der Waals surface area contributed by atoms with Gasteiger partial charge in [0.15, 0.2) is 0 Å². The summed E-state index contributed by atoms with van der Waals surface area (Å²) in [5.41, 5.74) is 0.524. The van der Waals surface area contributed by atoms with E-state index in [1.807, 2.05) is 6.07 Å². The van der Waals surface area contributed by atoms with Crippen molar-refractivity contribution in [3.63, 3.8) is 0 Å². The maximum atomic E-state index is 11.7. The van der Waals surface area contributed by atoms with Crippen molar-refractivity contribution in [2.24, 2.45) is 0 Å². The van der Waals surface area contributed by atoms with E-state index in [0.29, 0.717) is 28.7 Å². The number of hydrogen-bond acceptors (Lipinski definition) is 2. The van der Waals surface area contributed by atoms with Crippen molar-refractivity contribution < 1.29 is 4.79 Å². The van der Waals surface area contributed by atoms with Crippen LogP contribution >= 0.6 is 23.2 Å². The van der Waals surface area contributed by atoms with Crippen molar-refractivity contribution >= 4 is 34.9 Å². The Balaban J connectivity index is 2.64. The molecule has 0 fully saturated rings.